The van der Waals surface area contributed by atoms with Gasteiger partial charge in [0.15, 0.2) is 0 Å². The van der Waals surface area contributed by atoms with Gasteiger partial charge in [0.05, 0.1) is 6.20 Å². The number of rotatable bonds is 0. The predicted octanol–water partition coefficient (Wildman–Crippen LogP) is 0.942. The largest absolute Gasteiger partial charge is 0.506 e. The number of nitrogens with zero attached hydrogens (tertiary/aromatic N) is 2. The van der Waals surface area contributed by atoms with E-state index in [-0.39, 0.29) is 4.68 Å². The van der Waals surface area contributed by atoms with Crippen LogP contribution in [0.3, 0.4) is 0 Å². The van der Waals surface area contributed by atoms with Crippen molar-refractivity contribution in [3.05, 3.63) is 12.3 Å². The minimum absolute atomic E-state index is 0.201. The molecule has 0 unspecified atom stereocenters. The van der Waals surface area contributed by atoms with Crippen molar-refractivity contribution < 1.29 is 13.2 Å². The van der Waals surface area contributed by atoms with Gasteiger partial charge in [-0.25, -0.2) is 0 Å². The van der Waals surface area contributed by atoms with Gasteiger partial charge in [0.1, 0.15) is 5.82 Å². The normalized spacial score (nSPS) is 11.9. The highest BCUT2D eigenvalue weighted by Gasteiger charge is 2.32. The van der Waals surface area contributed by atoms with E-state index in [0.717, 1.165) is 12.3 Å². The minimum atomic E-state index is -4.51. The molecule has 0 saturated carbocycles. The Kier molecular flexibility index (Phi) is 1.31. The van der Waals surface area contributed by atoms with Gasteiger partial charge < -0.3 is 5.73 Å². The fraction of sp³-hybridized carbons (Fsp3) is 0.250. The quantitative estimate of drug-likeness (QED) is 0.599. The zero-order chi connectivity index (χ0) is 7.78. The average molecular weight is 151 g/mol. The Morgan fingerprint density at radius 1 is 1.50 bits per heavy atom. The molecule has 0 saturated heterocycles. The molecule has 1 aromatic heterocycles. The lowest BCUT2D eigenvalue weighted by Gasteiger charge is -2.06. The van der Waals surface area contributed by atoms with Crippen LogP contribution in [-0.2, 0) is 6.30 Å². The number of anilines is 1. The molecule has 10 heavy (non-hydrogen) atoms. The van der Waals surface area contributed by atoms with Crippen LogP contribution in [0, 0.1) is 0 Å². The molecule has 0 atom stereocenters. The Morgan fingerprint density at radius 3 is 2.30 bits per heavy atom. The van der Waals surface area contributed by atoms with E-state index in [2.05, 4.69) is 5.10 Å². The third kappa shape index (κ3) is 1.04. The molecule has 0 aliphatic rings. The Labute approximate surface area is 54.2 Å². The molecule has 0 amide bonds. The van der Waals surface area contributed by atoms with Crippen molar-refractivity contribution in [2.45, 2.75) is 6.30 Å². The molecule has 0 aromatic carbocycles. The van der Waals surface area contributed by atoms with E-state index < -0.39 is 12.1 Å². The van der Waals surface area contributed by atoms with Crippen LogP contribution in [0.4, 0.5) is 19.0 Å². The molecule has 0 radical (unpaired) electrons. The van der Waals surface area contributed by atoms with Crippen LogP contribution in [0.15, 0.2) is 12.3 Å². The lowest BCUT2D eigenvalue weighted by atomic mass is 10.7. The van der Waals surface area contributed by atoms with E-state index in [4.69, 9.17) is 5.73 Å². The summed E-state index contributed by atoms with van der Waals surface area (Å²) < 4.78 is 34.9. The van der Waals surface area contributed by atoms with Crippen LogP contribution in [0.1, 0.15) is 0 Å². The van der Waals surface area contributed by atoms with Crippen LogP contribution in [0.5, 0.6) is 0 Å². The highest BCUT2D eigenvalue weighted by Crippen LogP contribution is 2.23. The molecule has 0 aliphatic heterocycles. The van der Waals surface area contributed by atoms with E-state index in [0.29, 0.717) is 0 Å². The van der Waals surface area contributed by atoms with Gasteiger partial charge in [0, 0.05) is 6.07 Å². The maximum atomic E-state index is 11.7. The van der Waals surface area contributed by atoms with Gasteiger partial charge in [0.2, 0.25) is 0 Å². The third-order valence-electron chi connectivity index (χ3n) is 0.912. The lowest BCUT2D eigenvalue weighted by Crippen LogP contribution is -2.19. The van der Waals surface area contributed by atoms with Gasteiger partial charge in [0.25, 0.3) is 0 Å². The summed E-state index contributed by atoms with van der Waals surface area (Å²) in [5, 5.41) is 2.95. The number of halogens is 3. The maximum Gasteiger partial charge on any atom is 0.506 e. The van der Waals surface area contributed by atoms with Crippen LogP contribution in [-0.4, -0.2) is 9.78 Å². The molecular formula is C4H4F3N3. The van der Waals surface area contributed by atoms with Crippen molar-refractivity contribution in [3.63, 3.8) is 0 Å². The molecule has 0 aliphatic carbocycles. The van der Waals surface area contributed by atoms with Crippen molar-refractivity contribution >= 4 is 5.82 Å². The van der Waals surface area contributed by atoms with Crippen LogP contribution < -0.4 is 5.73 Å². The van der Waals surface area contributed by atoms with Crippen LogP contribution >= 0.6 is 0 Å². The monoisotopic (exact) mass is 151 g/mol. The van der Waals surface area contributed by atoms with Gasteiger partial charge in [-0.05, 0) is 0 Å². The summed E-state index contributed by atoms with van der Waals surface area (Å²) in [5.41, 5.74) is 4.91. The lowest BCUT2D eigenvalue weighted by molar-refractivity contribution is -0.210. The molecule has 3 nitrogen and oxygen atoms in total. The van der Waals surface area contributed by atoms with Gasteiger partial charge in [-0.2, -0.15) is 9.78 Å². The first-order valence-electron chi connectivity index (χ1n) is 2.38. The van der Waals surface area contributed by atoms with E-state index in [1.54, 1.807) is 0 Å². The first kappa shape index (κ1) is 6.91. The Hall–Kier alpha value is -1.20. The molecule has 1 rings (SSSR count). The fourth-order valence-electron chi connectivity index (χ4n) is 0.525. The second-order valence-corrected chi connectivity index (χ2v) is 1.64. The second kappa shape index (κ2) is 1.89. The highest BCUT2D eigenvalue weighted by molar-refractivity contribution is 5.26. The number of aromatic nitrogens is 2. The van der Waals surface area contributed by atoms with Gasteiger partial charge in [-0.15, -0.1) is 13.2 Å². The zero-order valence-corrected chi connectivity index (χ0v) is 4.76. The molecule has 0 fully saturated rings. The smallest absolute Gasteiger partial charge is 0.384 e. The molecular weight excluding hydrogens is 147 g/mol. The highest BCUT2D eigenvalue weighted by atomic mass is 19.4. The summed E-state index contributed by atoms with van der Waals surface area (Å²) in [6.07, 6.45) is -3.52. The summed E-state index contributed by atoms with van der Waals surface area (Å²) in [4.78, 5) is 0. The second-order valence-electron chi connectivity index (χ2n) is 1.64. The standard InChI is InChI=1S/C4H4F3N3/c5-4(6,7)10-3(8)1-2-9-10/h1-2H,8H2. The first-order chi connectivity index (χ1) is 4.52. The van der Waals surface area contributed by atoms with E-state index in [1.165, 1.54) is 0 Å². The first-order valence-corrected chi connectivity index (χ1v) is 2.38. The molecule has 0 spiro atoms. The number of alkyl halides is 3. The fourth-order valence-corrected chi connectivity index (χ4v) is 0.525. The predicted molar refractivity (Wildman–Crippen MR) is 27.9 cm³/mol. The number of nitrogens with two attached hydrogens (primary N) is 1. The average Bonchev–Trinajstić information content (AvgIpc) is 2.11. The number of hydrogen-bond acceptors (Lipinski definition) is 2. The van der Waals surface area contributed by atoms with Crippen molar-refractivity contribution in [1.29, 1.82) is 0 Å². The number of nitrogen functional groups attached to an aromatic ring is 1. The summed E-state index contributed by atoms with van der Waals surface area (Å²) in [7, 11) is 0. The van der Waals surface area contributed by atoms with Crippen LogP contribution in [0.25, 0.3) is 0 Å². The van der Waals surface area contributed by atoms with E-state index in [1.807, 2.05) is 0 Å². The van der Waals surface area contributed by atoms with Gasteiger partial charge >= 0.3 is 6.30 Å². The molecule has 1 aromatic rings. The summed E-state index contributed by atoms with van der Waals surface area (Å²) in [6.45, 7) is 0. The van der Waals surface area contributed by atoms with Crippen molar-refractivity contribution in [2.75, 3.05) is 5.73 Å². The summed E-state index contributed by atoms with van der Waals surface area (Å²) >= 11 is 0. The Balaban J connectivity index is 3.05. The Bertz CT molecular complexity index is 226. The molecule has 6 heteroatoms. The number of hydrogen-bond donors (Lipinski definition) is 1. The van der Waals surface area contributed by atoms with E-state index >= 15 is 0 Å². The van der Waals surface area contributed by atoms with Crippen molar-refractivity contribution in [3.8, 4) is 0 Å². The molecule has 2 N–H and O–H groups in total. The topological polar surface area (TPSA) is 43.8 Å². The van der Waals surface area contributed by atoms with Crippen molar-refractivity contribution in [1.82, 2.24) is 9.78 Å². The zero-order valence-electron chi connectivity index (χ0n) is 4.76. The minimum Gasteiger partial charge on any atom is -0.384 e. The molecule has 0 bridgehead atoms. The SMILES string of the molecule is Nc1ccnn1C(F)(F)F. The third-order valence-corrected chi connectivity index (χ3v) is 0.912. The summed E-state index contributed by atoms with van der Waals surface area (Å²) in [6, 6.07) is 1.08. The summed E-state index contributed by atoms with van der Waals surface area (Å²) in [5.74, 6) is -0.410. The van der Waals surface area contributed by atoms with Gasteiger partial charge in [-0.1, -0.05) is 0 Å². The maximum absolute atomic E-state index is 11.7. The van der Waals surface area contributed by atoms with Crippen LogP contribution in [0.2, 0.25) is 0 Å². The van der Waals surface area contributed by atoms with Gasteiger partial charge in [-0.3, -0.25) is 0 Å². The Morgan fingerprint density at radius 2 is 2.10 bits per heavy atom. The molecule has 1 heterocycles. The van der Waals surface area contributed by atoms with Crippen molar-refractivity contribution in [2.24, 2.45) is 0 Å². The van der Waals surface area contributed by atoms with E-state index in [9.17, 15) is 13.2 Å². The molecule has 56 valence electrons.